The number of rotatable bonds is 4. The van der Waals surface area contributed by atoms with Crippen molar-refractivity contribution in [3.05, 3.63) is 29.0 Å². The van der Waals surface area contributed by atoms with Crippen molar-refractivity contribution < 1.29 is 4.79 Å². The standard InChI is InChI=1S/C12H13Cl2N3O/c1-8(18)15-5-6-17-10-4-2-3-9(14)12(10)16-11(17)7-13/h2-4H,5-7H2,1H3,(H,15,18). The maximum atomic E-state index is 10.9. The van der Waals surface area contributed by atoms with Crippen molar-refractivity contribution in [3.63, 3.8) is 0 Å². The number of alkyl halides is 1. The molecule has 0 aliphatic rings. The Morgan fingerprint density at radius 1 is 1.50 bits per heavy atom. The first-order chi connectivity index (χ1) is 8.63. The fraction of sp³-hybridized carbons (Fsp3) is 0.333. The molecule has 2 rings (SSSR count). The van der Waals surface area contributed by atoms with E-state index in [2.05, 4.69) is 10.3 Å². The Bertz CT molecular complexity index is 580. The first kappa shape index (κ1) is 13.2. The van der Waals surface area contributed by atoms with E-state index in [0.717, 1.165) is 16.9 Å². The fourth-order valence-corrected chi connectivity index (χ4v) is 2.27. The van der Waals surface area contributed by atoms with Crippen LogP contribution in [0.4, 0.5) is 0 Å². The van der Waals surface area contributed by atoms with Crippen molar-refractivity contribution in [2.75, 3.05) is 6.54 Å². The van der Waals surface area contributed by atoms with Crippen molar-refractivity contribution in [2.24, 2.45) is 0 Å². The van der Waals surface area contributed by atoms with Gasteiger partial charge in [-0.25, -0.2) is 4.98 Å². The van der Waals surface area contributed by atoms with Gasteiger partial charge in [-0.3, -0.25) is 4.79 Å². The summed E-state index contributed by atoms with van der Waals surface area (Å²) in [5.74, 6) is 1.01. The maximum absolute atomic E-state index is 10.9. The lowest BCUT2D eigenvalue weighted by molar-refractivity contribution is -0.118. The zero-order valence-corrected chi connectivity index (χ0v) is 11.4. The largest absolute Gasteiger partial charge is 0.355 e. The number of benzene rings is 1. The van der Waals surface area contributed by atoms with Crippen molar-refractivity contribution in [2.45, 2.75) is 19.3 Å². The van der Waals surface area contributed by atoms with Gasteiger partial charge in [-0.15, -0.1) is 11.6 Å². The smallest absolute Gasteiger partial charge is 0.216 e. The lowest BCUT2D eigenvalue weighted by Gasteiger charge is -2.08. The number of aromatic nitrogens is 2. The number of carbonyl (C=O) groups excluding carboxylic acids is 1. The molecule has 1 aromatic heterocycles. The first-order valence-corrected chi connectivity index (χ1v) is 6.48. The van der Waals surface area contributed by atoms with Gasteiger partial charge in [-0.1, -0.05) is 17.7 Å². The van der Waals surface area contributed by atoms with E-state index < -0.39 is 0 Å². The van der Waals surface area contributed by atoms with Crippen LogP contribution in [0.15, 0.2) is 18.2 Å². The molecular formula is C12H13Cl2N3O. The van der Waals surface area contributed by atoms with E-state index in [4.69, 9.17) is 23.2 Å². The molecule has 4 nitrogen and oxygen atoms in total. The van der Waals surface area contributed by atoms with Crippen LogP contribution < -0.4 is 5.32 Å². The first-order valence-electron chi connectivity index (χ1n) is 5.57. The summed E-state index contributed by atoms with van der Waals surface area (Å²) in [6.07, 6.45) is 0. The molecule has 0 aliphatic carbocycles. The summed E-state index contributed by atoms with van der Waals surface area (Å²) in [5, 5.41) is 3.36. The summed E-state index contributed by atoms with van der Waals surface area (Å²) < 4.78 is 1.98. The molecule has 96 valence electrons. The predicted octanol–water partition coefficient (Wildman–Crippen LogP) is 2.56. The Labute approximate surface area is 115 Å². The number of amides is 1. The minimum absolute atomic E-state index is 0.0510. The molecule has 6 heteroatoms. The normalized spacial score (nSPS) is 10.8. The molecular weight excluding hydrogens is 273 g/mol. The number of hydrogen-bond acceptors (Lipinski definition) is 2. The van der Waals surface area contributed by atoms with Crippen LogP contribution in [0.3, 0.4) is 0 Å². The molecule has 0 unspecified atom stereocenters. The molecule has 0 saturated carbocycles. The maximum Gasteiger partial charge on any atom is 0.216 e. The van der Waals surface area contributed by atoms with Crippen molar-refractivity contribution >= 4 is 40.1 Å². The molecule has 0 atom stereocenters. The summed E-state index contributed by atoms with van der Waals surface area (Å²) >= 11 is 12.0. The molecule has 1 N–H and O–H groups in total. The highest BCUT2D eigenvalue weighted by molar-refractivity contribution is 6.35. The predicted molar refractivity (Wildman–Crippen MR) is 73.0 cm³/mol. The number of para-hydroxylation sites is 1. The summed E-state index contributed by atoms with van der Waals surface area (Å²) in [6.45, 7) is 2.65. The van der Waals surface area contributed by atoms with E-state index in [9.17, 15) is 4.79 Å². The molecule has 0 bridgehead atoms. The van der Waals surface area contributed by atoms with Crippen LogP contribution in [0.2, 0.25) is 5.02 Å². The fourth-order valence-electron chi connectivity index (χ4n) is 1.86. The van der Waals surface area contributed by atoms with Crippen LogP contribution in [0, 0.1) is 0 Å². The number of carbonyl (C=O) groups is 1. The highest BCUT2D eigenvalue weighted by Crippen LogP contribution is 2.24. The SMILES string of the molecule is CC(=O)NCCn1c(CCl)nc2c(Cl)cccc21. The second-order valence-corrected chi connectivity index (χ2v) is 4.58. The molecule has 0 saturated heterocycles. The third kappa shape index (κ3) is 2.60. The number of hydrogen-bond donors (Lipinski definition) is 1. The molecule has 0 aliphatic heterocycles. The van der Waals surface area contributed by atoms with Gasteiger partial charge < -0.3 is 9.88 Å². The van der Waals surface area contributed by atoms with Crippen LogP contribution in [0.25, 0.3) is 11.0 Å². The Balaban J connectivity index is 2.35. The topological polar surface area (TPSA) is 46.9 Å². The van der Waals surface area contributed by atoms with Crippen molar-refractivity contribution in [1.29, 1.82) is 0 Å². The second-order valence-electron chi connectivity index (χ2n) is 3.90. The van der Waals surface area contributed by atoms with Crippen LogP contribution in [-0.4, -0.2) is 22.0 Å². The Hall–Kier alpha value is -1.26. The highest BCUT2D eigenvalue weighted by atomic mass is 35.5. The summed E-state index contributed by atoms with van der Waals surface area (Å²) in [4.78, 5) is 15.3. The number of nitrogens with zero attached hydrogens (tertiary/aromatic N) is 2. The van der Waals surface area contributed by atoms with Crippen LogP contribution >= 0.6 is 23.2 Å². The third-order valence-corrected chi connectivity index (χ3v) is 3.18. The number of fused-ring (bicyclic) bond motifs is 1. The minimum atomic E-state index is -0.0510. The zero-order chi connectivity index (χ0) is 13.1. The summed E-state index contributed by atoms with van der Waals surface area (Å²) in [6, 6.07) is 5.62. The highest BCUT2D eigenvalue weighted by Gasteiger charge is 2.11. The monoisotopic (exact) mass is 285 g/mol. The molecule has 0 radical (unpaired) electrons. The van der Waals surface area contributed by atoms with E-state index in [-0.39, 0.29) is 5.91 Å². The van der Waals surface area contributed by atoms with E-state index in [0.29, 0.717) is 24.0 Å². The lowest BCUT2D eigenvalue weighted by Crippen LogP contribution is -2.24. The van der Waals surface area contributed by atoms with Crippen LogP contribution in [0.5, 0.6) is 0 Å². The molecule has 2 aromatic rings. The van der Waals surface area contributed by atoms with Crippen molar-refractivity contribution in [3.8, 4) is 0 Å². The summed E-state index contributed by atoms with van der Waals surface area (Å²) in [7, 11) is 0. The molecule has 18 heavy (non-hydrogen) atoms. The van der Waals surface area contributed by atoms with Gasteiger partial charge in [0.1, 0.15) is 11.3 Å². The quantitative estimate of drug-likeness (QED) is 0.878. The zero-order valence-electron chi connectivity index (χ0n) is 9.91. The van der Waals surface area contributed by atoms with Crippen LogP contribution in [-0.2, 0) is 17.2 Å². The average molecular weight is 286 g/mol. The summed E-state index contributed by atoms with van der Waals surface area (Å²) in [5.41, 5.74) is 1.68. The van der Waals surface area contributed by atoms with E-state index in [1.54, 1.807) is 6.07 Å². The van der Waals surface area contributed by atoms with Gasteiger partial charge >= 0.3 is 0 Å². The van der Waals surface area contributed by atoms with Gasteiger partial charge in [0.15, 0.2) is 0 Å². The van der Waals surface area contributed by atoms with Gasteiger partial charge in [-0.05, 0) is 12.1 Å². The molecule has 1 aromatic carbocycles. The van der Waals surface area contributed by atoms with Crippen molar-refractivity contribution in [1.82, 2.24) is 14.9 Å². The van der Waals surface area contributed by atoms with E-state index in [1.807, 2.05) is 16.7 Å². The van der Waals surface area contributed by atoms with E-state index >= 15 is 0 Å². The third-order valence-electron chi connectivity index (χ3n) is 2.64. The Morgan fingerprint density at radius 2 is 2.28 bits per heavy atom. The molecule has 0 spiro atoms. The minimum Gasteiger partial charge on any atom is -0.355 e. The number of halogens is 2. The van der Waals surface area contributed by atoms with Crippen LogP contribution in [0.1, 0.15) is 12.7 Å². The lowest BCUT2D eigenvalue weighted by atomic mass is 10.3. The average Bonchev–Trinajstić information content (AvgIpc) is 2.69. The van der Waals surface area contributed by atoms with Gasteiger partial charge in [0, 0.05) is 20.0 Å². The molecule has 1 amide bonds. The molecule has 0 fully saturated rings. The second kappa shape index (κ2) is 5.59. The van der Waals surface area contributed by atoms with Gasteiger partial charge in [-0.2, -0.15) is 0 Å². The Kier molecular flexibility index (Phi) is 4.09. The van der Waals surface area contributed by atoms with Gasteiger partial charge in [0.05, 0.1) is 16.4 Å². The number of nitrogens with one attached hydrogen (secondary N) is 1. The van der Waals surface area contributed by atoms with E-state index in [1.165, 1.54) is 6.92 Å². The number of imidazole rings is 1. The molecule has 1 heterocycles. The van der Waals surface area contributed by atoms with Gasteiger partial charge in [0.25, 0.3) is 0 Å². The Morgan fingerprint density at radius 3 is 2.94 bits per heavy atom. The van der Waals surface area contributed by atoms with Gasteiger partial charge in [0.2, 0.25) is 5.91 Å².